The number of sulfonamides is 1. The third-order valence-corrected chi connectivity index (χ3v) is 3.10. The van der Waals surface area contributed by atoms with Gasteiger partial charge in [-0.3, -0.25) is 0 Å². The van der Waals surface area contributed by atoms with Gasteiger partial charge in [0, 0.05) is 13.1 Å². The molecular weight excluding hydrogens is 226 g/mol. The van der Waals surface area contributed by atoms with Crippen molar-refractivity contribution in [1.29, 1.82) is 0 Å². The Morgan fingerprint density at radius 2 is 1.93 bits per heavy atom. The second kappa shape index (κ2) is 4.65. The molecule has 0 amide bonds. The van der Waals surface area contributed by atoms with Gasteiger partial charge in [0.15, 0.2) is 11.6 Å². The Hall–Kier alpha value is -1.05. The highest BCUT2D eigenvalue weighted by Gasteiger charge is 2.15. The van der Waals surface area contributed by atoms with Gasteiger partial charge in [0.05, 0.1) is 4.90 Å². The van der Waals surface area contributed by atoms with Gasteiger partial charge in [-0.1, -0.05) is 0 Å². The van der Waals surface area contributed by atoms with Gasteiger partial charge in [0.1, 0.15) is 0 Å². The molecular formula is C8H10F2N2O2S. The molecule has 0 atom stereocenters. The van der Waals surface area contributed by atoms with E-state index in [4.69, 9.17) is 5.73 Å². The summed E-state index contributed by atoms with van der Waals surface area (Å²) in [6.07, 6.45) is 0. The number of rotatable bonds is 4. The Bertz CT molecular complexity index is 448. The van der Waals surface area contributed by atoms with Crippen molar-refractivity contribution < 1.29 is 17.2 Å². The summed E-state index contributed by atoms with van der Waals surface area (Å²) in [6.45, 7) is 0.171. The first-order valence-corrected chi connectivity index (χ1v) is 5.60. The summed E-state index contributed by atoms with van der Waals surface area (Å²) in [7, 11) is -3.80. The fourth-order valence-corrected chi connectivity index (χ4v) is 1.98. The molecule has 0 saturated heterocycles. The van der Waals surface area contributed by atoms with Gasteiger partial charge in [0.25, 0.3) is 0 Å². The lowest BCUT2D eigenvalue weighted by Crippen LogP contribution is -2.29. The summed E-state index contributed by atoms with van der Waals surface area (Å²) in [5.74, 6) is -2.29. The maximum absolute atomic E-state index is 12.7. The molecule has 0 saturated carbocycles. The van der Waals surface area contributed by atoms with Gasteiger partial charge in [-0.25, -0.2) is 21.9 Å². The molecule has 0 aromatic heterocycles. The maximum Gasteiger partial charge on any atom is 0.240 e. The second-order valence-corrected chi connectivity index (χ2v) is 4.53. The lowest BCUT2D eigenvalue weighted by Gasteiger charge is -2.05. The van der Waals surface area contributed by atoms with Gasteiger partial charge in [-0.15, -0.1) is 0 Å². The van der Waals surface area contributed by atoms with Crippen LogP contribution >= 0.6 is 0 Å². The van der Waals surface area contributed by atoms with Crippen molar-refractivity contribution in [1.82, 2.24) is 4.72 Å². The average molecular weight is 236 g/mol. The third kappa shape index (κ3) is 2.95. The van der Waals surface area contributed by atoms with Gasteiger partial charge in [0.2, 0.25) is 10.0 Å². The zero-order valence-electron chi connectivity index (χ0n) is 7.70. The van der Waals surface area contributed by atoms with E-state index in [2.05, 4.69) is 4.72 Å². The van der Waals surface area contributed by atoms with E-state index in [1.807, 2.05) is 0 Å². The highest BCUT2D eigenvalue weighted by molar-refractivity contribution is 7.89. The monoisotopic (exact) mass is 236 g/mol. The summed E-state index contributed by atoms with van der Waals surface area (Å²) in [5, 5.41) is 0. The van der Waals surface area contributed by atoms with E-state index in [9.17, 15) is 17.2 Å². The molecule has 0 aliphatic heterocycles. The lowest BCUT2D eigenvalue weighted by molar-refractivity contribution is 0.504. The first-order valence-electron chi connectivity index (χ1n) is 4.12. The molecule has 0 spiro atoms. The number of hydrogen-bond donors (Lipinski definition) is 2. The molecule has 0 aliphatic carbocycles. The number of halogens is 2. The normalized spacial score (nSPS) is 11.7. The van der Waals surface area contributed by atoms with Crippen LogP contribution in [0.25, 0.3) is 0 Å². The molecule has 0 unspecified atom stereocenters. The minimum Gasteiger partial charge on any atom is -0.329 e. The van der Waals surface area contributed by atoms with E-state index < -0.39 is 21.7 Å². The standard InChI is InChI=1S/C8H10F2N2O2S/c9-7-2-1-6(5-8(7)10)15(13,14)12-4-3-11/h1-2,5,12H,3-4,11H2. The summed E-state index contributed by atoms with van der Waals surface area (Å²) < 4.78 is 50.2. The van der Waals surface area contributed by atoms with Crippen molar-refractivity contribution in [2.75, 3.05) is 13.1 Å². The molecule has 1 aromatic carbocycles. The SMILES string of the molecule is NCCNS(=O)(=O)c1ccc(F)c(F)c1. The minimum absolute atomic E-state index is 0.0430. The van der Waals surface area contributed by atoms with Crippen LogP contribution in [0.5, 0.6) is 0 Å². The van der Waals surface area contributed by atoms with Crippen molar-refractivity contribution in [3.63, 3.8) is 0 Å². The topological polar surface area (TPSA) is 72.2 Å². The van der Waals surface area contributed by atoms with Gasteiger partial charge in [-0.2, -0.15) is 0 Å². The van der Waals surface area contributed by atoms with Crippen LogP contribution in [0.3, 0.4) is 0 Å². The van der Waals surface area contributed by atoms with Crippen LogP contribution in [0.2, 0.25) is 0 Å². The predicted molar refractivity (Wildman–Crippen MR) is 50.6 cm³/mol. The summed E-state index contributed by atoms with van der Waals surface area (Å²) in [5.41, 5.74) is 5.11. The third-order valence-electron chi connectivity index (χ3n) is 1.64. The summed E-state index contributed by atoms with van der Waals surface area (Å²) >= 11 is 0. The van der Waals surface area contributed by atoms with E-state index in [0.29, 0.717) is 6.07 Å². The molecule has 84 valence electrons. The first kappa shape index (κ1) is 12.0. The molecule has 15 heavy (non-hydrogen) atoms. The molecule has 3 N–H and O–H groups in total. The van der Waals surface area contributed by atoms with Crippen LogP contribution in [0.15, 0.2) is 23.1 Å². The zero-order valence-corrected chi connectivity index (χ0v) is 8.52. The molecule has 1 rings (SSSR count). The van der Waals surface area contributed by atoms with Crippen LogP contribution < -0.4 is 10.5 Å². The highest BCUT2D eigenvalue weighted by Crippen LogP contribution is 2.13. The average Bonchev–Trinajstić information content (AvgIpc) is 2.19. The fourth-order valence-electron chi connectivity index (χ4n) is 0.921. The molecule has 0 heterocycles. The van der Waals surface area contributed by atoms with Crippen molar-refractivity contribution in [3.05, 3.63) is 29.8 Å². The first-order chi connectivity index (χ1) is 6.97. The summed E-state index contributed by atoms with van der Waals surface area (Å²) in [6, 6.07) is 2.36. The molecule has 0 aliphatic rings. The molecule has 0 radical (unpaired) electrons. The molecule has 7 heteroatoms. The van der Waals surface area contributed by atoms with Crippen molar-refractivity contribution in [3.8, 4) is 0 Å². The number of hydrogen-bond acceptors (Lipinski definition) is 3. The van der Waals surface area contributed by atoms with Gasteiger partial charge < -0.3 is 5.73 Å². The number of nitrogens with one attached hydrogen (secondary N) is 1. The highest BCUT2D eigenvalue weighted by atomic mass is 32.2. The lowest BCUT2D eigenvalue weighted by atomic mass is 10.3. The molecule has 0 bridgehead atoms. The van der Waals surface area contributed by atoms with Crippen molar-refractivity contribution >= 4 is 10.0 Å². The Balaban J connectivity index is 3.00. The minimum atomic E-state index is -3.80. The zero-order chi connectivity index (χ0) is 11.5. The Labute approximate surface area is 86.1 Å². The smallest absolute Gasteiger partial charge is 0.240 e. The van der Waals surface area contributed by atoms with Gasteiger partial charge >= 0.3 is 0 Å². The van der Waals surface area contributed by atoms with E-state index in [-0.39, 0.29) is 18.0 Å². The number of benzene rings is 1. The fraction of sp³-hybridized carbons (Fsp3) is 0.250. The second-order valence-electron chi connectivity index (χ2n) is 2.76. The Kier molecular flexibility index (Phi) is 3.72. The van der Waals surface area contributed by atoms with Crippen LogP contribution in [-0.4, -0.2) is 21.5 Å². The van der Waals surface area contributed by atoms with Crippen LogP contribution in [0.4, 0.5) is 8.78 Å². The van der Waals surface area contributed by atoms with Gasteiger partial charge in [-0.05, 0) is 18.2 Å². The molecule has 1 aromatic rings. The Morgan fingerprint density at radius 1 is 1.27 bits per heavy atom. The quantitative estimate of drug-likeness (QED) is 0.784. The van der Waals surface area contributed by atoms with E-state index >= 15 is 0 Å². The van der Waals surface area contributed by atoms with Crippen LogP contribution in [0, 0.1) is 11.6 Å². The molecule has 0 fully saturated rings. The Morgan fingerprint density at radius 3 is 2.47 bits per heavy atom. The number of nitrogens with two attached hydrogens (primary N) is 1. The maximum atomic E-state index is 12.7. The van der Waals surface area contributed by atoms with Crippen molar-refractivity contribution in [2.45, 2.75) is 4.90 Å². The molecule has 4 nitrogen and oxygen atoms in total. The van der Waals surface area contributed by atoms with Crippen LogP contribution in [0.1, 0.15) is 0 Å². The predicted octanol–water partition coefficient (Wildman–Crippen LogP) is 0.202. The van der Waals surface area contributed by atoms with E-state index in [1.54, 1.807) is 0 Å². The van der Waals surface area contributed by atoms with Crippen LogP contribution in [-0.2, 0) is 10.0 Å². The summed E-state index contributed by atoms with van der Waals surface area (Å²) in [4.78, 5) is -0.324. The largest absolute Gasteiger partial charge is 0.329 e. The van der Waals surface area contributed by atoms with Crippen molar-refractivity contribution in [2.24, 2.45) is 5.73 Å². The van der Waals surface area contributed by atoms with E-state index in [1.165, 1.54) is 0 Å². The van der Waals surface area contributed by atoms with E-state index in [0.717, 1.165) is 12.1 Å².